The summed E-state index contributed by atoms with van der Waals surface area (Å²) in [4.78, 5) is 0. The molecule has 4 nitrogen and oxygen atoms in total. The van der Waals surface area contributed by atoms with E-state index in [0.717, 1.165) is 6.42 Å². The van der Waals surface area contributed by atoms with Gasteiger partial charge in [0.05, 0.1) is 22.4 Å². The predicted molar refractivity (Wildman–Crippen MR) is 259 cm³/mol. The zero-order valence-electron chi connectivity index (χ0n) is 42.0. The number of hydrogen-bond donors (Lipinski definition) is 0. The molecule has 6 heteroatoms. The summed E-state index contributed by atoms with van der Waals surface area (Å²) in [7, 11) is -0.182. The third-order valence-electron chi connectivity index (χ3n) is 14.5. The van der Waals surface area contributed by atoms with Gasteiger partial charge in [-0.2, -0.15) is 0 Å². The molecule has 0 aromatic heterocycles. The van der Waals surface area contributed by atoms with E-state index in [2.05, 4.69) is 83.1 Å². The Kier molecular flexibility index (Phi) is 31.5. The topological polar surface area (TPSA) is 36.9 Å². The van der Waals surface area contributed by atoms with Crippen LogP contribution in [0.5, 0.6) is 0 Å². The lowest BCUT2D eigenvalue weighted by molar-refractivity contribution is 0.00578. The molecule has 0 radical (unpaired) electrons. The van der Waals surface area contributed by atoms with E-state index >= 15 is 0 Å². The van der Waals surface area contributed by atoms with Crippen LogP contribution in [-0.2, 0) is 18.6 Å². The molecule has 2 aliphatic heterocycles. The maximum atomic E-state index is 6.52. The molecule has 2 unspecified atom stereocenters. The van der Waals surface area contributed by atoms with Crippen LogP contribution >= 0.6 is 0 Å². The van der Waals surface area contributed by atoms with Gasteiger partial charge >= 0.3 is 14.2 Å². The third kappa shape index (κ3) is 24.6. The second-order valence-electron chi connectivity index (χ2n) is 21.3. The summed E-state index contributed by atoms with van der Waals surface area (Å²) in [6, 6.07) is 0. The molecular formula is C52H106B2O4. The zero-order valence-corrected chi connectivity index (χ0v) is 42.0. The molecular weight excluding hydrogens is 710 g/mol. The van der Waals surface area contributed by atoms with E-state index in [-0.39, 0.29) is 36.6 Å². The molecule has 0 aliphatic carbocycles. The summed E-state index contributed by atoms with van der Waals surface area (Å²) in [6.07, 6.45) is 47.6. The van der Waals surface area contributed by atoms with Crippen molar-refractivity contribution in [1.29, 1.82) is 0 Å². The highest BCUT2D eigenvalue weighted by Crippen LogP contribution is 2.44. The minimum atomic E-state index is -0.252. The van der Waals surface area contributed by atoms with E-state index in [1.165, 1.54) is 212 Å². The second kappa shape index (κ2) is 32.6. The summed E-state index contributed by atoms with van der Waals surface area (Å²) in [5, 5.41) is 0. The number of hydrogen-bond acceptors (Lipinski definition) is 4. The molecule has 2 fully saturated rings. The highest BCUT2D eigenvalue weighted by Gasteiger charge is 2.54. The summed E-state index contributed by atoms with van der Waals surface area (Å²) >= 11 is 0. The molecule has 0 aromatic carbocycles. The molecule has 2 rings (SSSR count). The maximum Gasteiger partial charge on any atom is 0.461 e. The fraction of sp³-hybridized carbons (Fsp3) is 1.00. The first-order valence-electron chi connectivity index (χ1n) is 26.3. The Balaban J connectivity index is 0.000000710. The van der Waals surface area contributed by atoms with Crippen LogP contribution in [0.4, 0.5) is 0 Å². The molecule has 0 N–H and O–H groups in total. The van der Waals surface area contributed by atoms with E-state index in [1.807, 2.05) is 0 Å². The Morgan fingerprint density at radius 1 is 0.293 bits per heavy atom. The van der Waals surface area contributed by atoms with Crippen LogP contribution in [0.3, 0.4) is 0 Å². The highest BCUT2D eigenvalue weighted by atomic mass is 16.7. The standard InChI is InChI=1S/C32H64B2O4.C20H42/c1-11-12-13-14-15-16-17-18-19-20-21-25-28(34-37-31(7,8)32(9,10)38-34)26-23-22-24-27(2)33-35-29(3,4)30(5,6)36-33;1-3-5-7-9-11-13-15-17-19-20-18-16-14-12-10-8-6-4-2/h27-28H,11-26H2,1-10H3;3-20H2,1-2H3. The average molecular weight is 817 g/mol. The minimum absolute atomic E-state index is 0.0800. The van der Waals surface area contributed by atoms with Crippen molar-refractivity contribution in [2.45, 2.75) is 335 Å². The van der Waals surface area contributed by atoms with Gasteiger partial charge < -0.3 is 18.6 Å². The van der Waals surface area contributed by atoms with Crippen molar-refractivity contribution < 1.29 is 18.6 Å². The highest BCUT2D eigenvalue weighted by molar-refractivity contribution is 6.47. The van der Waals surface area contributed by atoms with Gasteiger partial charge in [-0.25, -0.2) is 0 Å². The smallest absolute Gasteiger partial charge is 0.403 e. The normalized spacial score (nSPS) is 19.0. The molecule has 0 bridgehead atoms. The van der Waals surface area contributed by atoms with Gasteiger partial charge in [-0.1, -0.05) is 246 Å². The average Bonchev–Trinajstić information content (AvgIpc) is 3.53. The third-order valence-corrected chi connectivity index (χ3v) is 14.5. The van der Waals surface area contributed by atoms with Crippen molar-refractivity contribution in [2.24, 2.45) is 0 Å². The van der Waals surface area contributed by atoms with E-state index in [1.54, 1.807) is 0 Å². The molecule has 2 atom stereocenters. The van der Waals surface area contributed by atoms with E-state index in [0.29, 0.717) is 11.6 Å². The summed E-state index contributed by atoms with van der Waals surface area (Å²) in [5.41, 5.74) is -0.999. The Morgan fingerprint density at radius 3 is 0.776 bits per heavy atom. The van der Waals surface area contributed by atoms with Crippen LogP contribution in [0.1, 0.15) is 301 Å². The van der Waals surface area contributed by atoms with E-state index in [4.69, 9.17) is 18.6 Å². The summed E-state index contributed by atoms with van der Waals surface area (Å²) < 4.78 is 25.6. The molecule has 0 amide bonds. The largest absolute Gasteiger partial charge is 0.461 e. The lowest BCUT2D eigenvalue weighted by atomic mass is 9.66. The van der Waals surface area contributed by atoms with Crippen LogP contribution < -0.4 is 0 Å². The van der Waals surface area contributed by atoms with Gasteiger partial charge in [-0.15, -0.1) is 0 Å². The number of rotatable bonds is 36. The predicted octanol–water partition coefficient (Wildman–Crippen LogP) is 18.2. The van der Waals surface area contributed by atoms with Crippen LogP contribution in [-0.4, -0.2) is 36.6 Å². The van der Waals surface area contributed by atoms with E-state index in [9.17, 15) is 0 Å². The van der Waals surface area contributed by atoms with Gasteiger partial charge in [0.25, 0.3) is 0 Å². The van der Waals surface area contributed by atoms with Crippen LogP contribution in [0.25, 0.3) is 0 Å². The van der Waals surface area contributed by atoms with Crippen LogP contribution in [0, 0.1) is 0 Å². The molecule has 344 valence electrons. The molecule has 58 heavy (non-hydrogen) atoms. The van der Waals surface area contributed by atoms with Crippen molar-refractivity contribution in [3.05, 3.63) is 0 Å². The van der Waals surface area contributed by atoms with Gasteiger partial charge in [0.1, 0.15) is 0 Å². The molecule has 2 heterocycles. The quantitative estimate of drug-likeness (QED) is 0.0466. The lowest BCUT2D eigenvalue weighted by Crippen LogP contribution is -2.41. The zero-order chi connectivity index (χ0) is 43.2. The van der Waals surface area contributed by atoms with Crippen molar-refractivity contribution in [1.82, 2.24) is 0 Å². The summed E-state index contributed by atoms with van der Waals surface area (Å²) in [5.74, 6) is 0.875. The van der Waals surface area contributed by atoms with Gasteiger partial charge in [0, 0.05) is 0 Å². The fourth-order valence-corrected chi connectivity index (χ4v) is 8.67. The van der Waals surface area contributed by atoms with Crippen molar-refractivity contribution in [3.8, 4) is 0 Å². The van der Waals surface area contributed by atoms with Crippen LogP contribution in [0.2, 0.25) is 11.6 Å². The van der Waals surface area contributed by atoms with Crippen molar-refractivity contribution in [2.75, 3.05) is 0 Å². The van der Waals surface area contributed by atoms with Crippen molar-refractivity contribution >= 4 is 14.2 Å². The van der Waals surface area contributed by atoms with Gasteiger partial charge in [0.2, 0.25) is 0 Å². The molecule has 2 aliphatic rings. The lowest BCUT2D eigenvalue weighted by Gasteiger charge is -2.32. The van der Waals surface area contributed by atoms with E-state index < -0.39 is 0 Å². The number of unbranched alkanes of at least 4 members (excludes halogenated alkanes) is 28. The minimum Gasteiger partial charge on any atom is -0.403 e. The maximum absolute atomic E-state index is 6.52. The SMILES string of the molecule is CCCCCCCCCCCCCC(CCCCC(C)B1OC(C)(C)C(C)(C)O1)B1OC(C)(C)C(C)(C)O1.CCCCCCCCCCCCCCCCCCCC. The first-order chi connectivity index (χ1) is 27.6. The van der Waals surface area contributed by atoms with Gasteiger partial charge in [-0.3, -0.25) is 0 Å². The molecule has 0 saturated carbocycles. The fourth-order valence-electron chi connectivity index (χ4n) is 8.67. The Hall–Kier alpha value is -0.0301. The van der Waals surface area contributed by atoms with Crippen molar-refractivity contribution in [3.63, 3.8) is 0 Å². The van der Waals surface area contributed by atoms with Gasteiger partial charge in [-0.05, 0) is 67.0 Å². The molecule has 0 aromatic rings. The monoisotopic (exact) mass is 817 g/mol. The molecule has 2 saturated heterocycles. The Morgan fingerprint density at radius 2 is 0.500 bits per heavy atom. The van der Waals surface area contributed by atoms with Crippen LogP contribution in [0.15, 0.2) is 0 Å². The first kappa shape index (κ1) is 56.0. The molecule has 0 spiro atoms. The first-order valence-corrected chi connectivity index (χ1v) is 26.3. The summed E-state index contributed by atoms with van der Waals surface area (Å²) in [6.45, 7) is 26.4. The Labute approximate surface area is 367 Å². The second-order valence-corrected chi connectivity index (χ2v) is 21.3. The Bertz CT molecular complexity index is 886. The van der Waals surface area contributed by atoms with Gasteiger partial charge in [0.15, 0.2) is 0 Å².